The number of ether oxygens (including phenoxy) is 2. The van der Waals surface area contributed by atoms with Gasteiger partial charge in [0.2, 0.25) is 5.91 Å². The summed E-state index contributed by atoms with van der Waals surface area (Å²) in [6, 6.07) is 5.80. The Morgan fingerprint density at radius 2 is 2.14 bits per heavy atom. The van der Waals surface area contributed by atoms with Gasteiger partial charge in [-0.2, -0.15) is 0 Å². The second-order valence-corrected chi connectivity index (χ2v) is 7.61. The third kappa shape index (κ3) is 6.84. The van der Waals surface area contributed by atoms with E-state index in [4.69, 9.17) is 9.47 Å². The van der Waals surface area contributed by atoms with E-state index in [1.54, 1.807) is 14.2 Å². The molecule has 0 bridgehead atoms. The van der Waals surface area contributed by atoms with Crippen molar-refractivity contribution in [1.82, 2.24) is 15.1 Å². The van der Waals surface area contributed by atoms with Crippen LogP contribution in [0.15, 0.2) is 23.2 Å². The minimum Gasteiger partial charge on any atom is -0.497 e. The number of benzene rings is 1. The van der Waals surface area contributed by atoms with Crippen LogP contribution in [0, 0.1) is 5.92 Å². The molecule has 1 unspecified atom stereocenters. The summed E-state index contributed by atoms with van der Waals surface area (Å²) in [5.74, 6) is 3.13. The number of hydrogen-bond acceptors (Lipinski definition) is 4. The van der Waals surface area contributed by atoms with E-state index >= 15 is 0 Å². The van der Waals surface area contributed by atoms with E-state index in [9.17, 15) is 4.79 Å². The molecular weight excluding hydrogens is 368 g/mol. The zero-order chi connectivity index (χ0) is 21.2. The summed E-state index contributed by atoms with van der Waals surface area (Å²) >= 11 is 0. The smallest absolute Gasteiger partial charge is 0.224 e. The molecule has 1 heterocycles. The molecule has 1 atom stereocenters. The highest BCUT2D eigenvalue weighted by atomic mass is 16.5. The number of nitrogens with one attached hydrogen (secondary N) is 1. The highest BCUT2D eigenvalue weighted by Gasteiger charge is 2.20. The Hall–Kier alpha value is -2.44. The predicted molar refractivity (Wildman–Crippen MR) is 117 cm³/mol. The summed E-state index contributed by atoms with van der Waals surface area (Å²) in [6.07, 6.45) is 2.76. The Labute approximate surface area is 175 Å². The van der Waals surface area contributed by atoms with Gasteiger partial charge in [-0.05, 0) is 37.8 Å². The zero-order valence-electron chi connectivity index (χ0n) is 18.5. The summed E-state index contributed by atoms with van der Waals surface area (Å²) in [4.78, 5) is 21.2. The van der Waals surface area contributed by atoms with Crippen LogP contribution in [0.5, 0.6) is 11.5 Å². The van der Waals surface area contributed by atoms with Gasteiger partial charge in [-0.1, -0.05) is 6.92 Å². The van der Waals surface area contributed by atoms with Gasteiger partial charge in [0.1, 0.15) is 11.5 Å². The number of aliphatic imine (C=N–C) groups is 1. The first-order valence-corrected chi connectivity index (χ1v) is 10.5. The van der Waals surface area contributed by atoms with Crippen molar-refractivity contribution in [2.75, 3.05) is 47.4 Å². The van der Waals surface area contributed by atoms with E-state index in [1.165, 1.54) is 6.42 Å². The molecule has 1 aliphatic heterocycles. The highest BCUT2D eigenvalue weighted by molar-refractivity contribution is 5.81. The van der Waals surface area contributed by atoms with E-state index in [2.05, 4.69) is 17.2 Å². The maximum atomic E-state index is 12.5. The Morgan fingerprint density at radius 1 is 1.34 bits per heavy atom. The highest BCUT2D eigenvalue weighted by Crippen LogP contribution is 2.25. The molecule has 29 heavy (non-hydrogen) atoms. The molecule has 0 spiro atoms. The average Bonchev–Trinajstić information content (AvgIpc) is 2.73. The molecule has 1 saturated heterocycles. The maximum absolute atomic E-state index is 12.5. The first-order valence-electron chi connectivity index (χ1n) is 10.5. The Kier molecular flexibility index (Phi) is 9.09. The van der Waals surface area contributed by atoms with Crippen LogP contribution < -0.4 is 14.8 Å². The lowest BCUT2D eigenvalue weighted by molar-refractivity contribution is -0.132. The number of methoxy groups -OCH3 is 2. The number of carbonyl (C=O) groups is 1. The van der Waals surface area contributed by atoms with Gasteiger partial charge < -0.3 is 24.6 Å². The summed E-state index contributed by atoms with van der Waals surface area (Å²) in [7, 11) is 5.28. The monoisotopic (exact) mass is 404 g/mol. The van der Waals surface area contributed by atoms with Gasteiger partial charge in [-0.3, -0.25) is 9.79 Å². The molecule has 2 rings (SSSR count). The third-order valence-electron chi connectivity index (χ3n) is 5.20. The van der Waals surface area contributed by atoms with Gasteiger partial charge in [0.05, 0.1) is 20.8 Å². The lowest BCUT2D eigenvalue weighted by Gasteiger charge is -2.31. The van der Waals surface area contributed by atoms with Crippen LogP contribution in [-0.4, -0.2) is 69.1 Å². The van der Waals surface area contributed by atoms with Crippen LogP contribution in [0.3, 0.4) is 0 Å². The molecule has 0 saturated carbocycles. The number of rotatable bonds is 8. The van der Waals surface area contributed by atoms with E-state index < -0.39 is 0 Å². The molecule has 7 heteroatoms. The van der Waals surface area contributed by atoms with Crippen molar-refractivity contribution in [1.29, 1.82) is 0 Å². The van der Waals surface area contributed by atoms with Gasteiger partial charge in [0.25, 0.3) is 0 Å². The molecule has 0 radical (unpaired) electrons. The summed E-state index contributed by atoms with van der Waals surface area (Å²) < 4.78 is 10.8. The van der Waals surface area contributed by atoms with Gasteiger partial charge in [-0.25, -0.2) is 0 Å². The number of piperidine rings is 1. The average molecular weight is 405 g/mol. The molecule has 0 aliphatic carbocycles. The standard InChI is InChI=1S/C22H36N4O3/c1-6-23-22(24-12-11-21(27)26-13-7-8-17(2)15-26)25(3)16-18-9-10-19(28-4)14-20(18)29-5/h9-10,14,17H,6-8,11-13,15-16H2,1-5H3,(H,23,24). The second kappa shape index (κ2) is 11.5. The summed E-state index contributed by atoms with van der Waals surface area (Å²) in [6.45, 7) is 7.89. The van der Waals surface area contributed by atoms with Crippen molar-refractivity contribution in [2.24, 2.45) is 10.9 Å². The Balaban J connectivity index is 1.97. The SMILES string of the molecule is CCNC(=NCCC(=O)N1CCCC(C)C1)N(C)Cc1ccc(OC)cc1OC. The van der Waals surface area contributed by atoms with Gasteiger partial charge in [0.15, 0.2) is 5.96 Å². The topological polar surface area (TPSA) is 66.4 Å². The third-order valence-corrected chi connectivity index (χ3v) is 5.20. The minimum absolute atomic E-state index is 0.204. The predicted octanol–water partition coefficient (Wildman–Crippen LogP) is 2.75. The van der Waals surface area contributed by atoms with Crippen molar-refractivity contribution < 1.29 is 14.3 Å². The normalized spacial score (nSPS) is 17.1. The Bertz CT molecular complexity index is 693. The fourth-order valence-corrected chi connectivity index (χ4v) is 3.61. The number of guanidine groups is 1. The van der Waals surface area contributed by atoms with Crippen molar-refractivity contribution in [3.8, 4) is 11.5 Å². The quantitative estimate of drug-likeness (QED) is 0.533. The fraction of sp³-hybridized carbons (Fsp3) is 0.636. The van der Waals surface area contributed by atoms with Crippen LogP contribution in [0.4, 0.5) is 0 Å². The van der Waals surface area contributed by atoms with Gasteiger partial charge in [-0.15, -0.1) is 0 Å². The zero-order valence-corrected chi connectivity index (χ0v) is 18.5. The molecule has 1 aliphatic rings. The number of hydrogen-bond donors (Lipinski definition) is 1. The first kappa shape index (κ1) is 22.8. The lowest BCUT2D eigenvalue weighted by atomic mass is 10.00. The van der Waals surface area contributed by atoms with Crippen LogP contribution in [0.2, 0.25) is 0 Å². The first-order chi connectivity index (χ1) is 14.0. The Morgan fingerprint density at radius 3 is 2.79 bits per heavy atom. The minimum atomic E-state index is 0.204. The molecule has 1 amide bonds. The fourth-order valence-electron chi connectivity index (χ4n) is 3.61. The van der Waals surface area contributed by atoms with Gasteiger partial charge >= 0.3 is 0 Å². The largest absolute Gasteiger partial charge is 0.497 e. The van der Waals surface area contributed by atoms with E-state index in [0.29, 0.717) is 25.4 Å². The number of carbonyl (C=O) groups excluding carboxylic acids is 1. The molecule has 7 nitrogen and oxygen atoms in total. The van der Waals surface area contributed by atoms with Crippen molar-refractivity contribution in [3.63, 3.8) is 0 Å². The molecular formula is C22H36N4O3. The molecule has 162 valence electrons. The van der Waals surface area contributed by atoms with Crippen LogP contribution >= 0.6 is 0 Å². The molecule has 0 aromatic heterocycles. The summed E-state index contributed by atoms with van der Waals surface area (Å²) in [5.41, 5.74) is 1.04. The van der Waals surface area contributed by atoms with Crippen molar-refractivity contribution >= 4 is 11.9 Å². The molecule has 1 fully saturated rings. The van der Waals surface area contributed by atoms with Crippen LogP contribution in [0.1, 0.15) is 38.7 Å². The molecule has 1 N–H and O–H groups in total. The van der Waals surface area contributed by atoms with Crippen LogP contribution in [-0.2, 0) is 11.3 Å². The number of likely N-dealkylation sites (tertiary alicyclic amines) is 1. The molecule has 1 aromatic carbocycles. The maximum Gasteiger partial charge on any atom is 0.224 e. The van der Waals surface area contributed by atoms with Crippen molar-refractivity contribution in [3.05, 3.63) is 23.8 Å². The lowest BCUT2D eigenvalue weighted by Crippen LogP contribution is -2.40. The molecule has 1 aromatic rings. The van der Waals surface area contributed by atoms with Gasteiger partial charge in [0, 0.05) is 51.3 Å². The van der Waals surface area contributed by atoms with E-state index in [0.717, 1.165) is 49.1 Å². The van der Waals surface area contributed by atoms with Crippen LogP contribution in [0.25, 0.3) is 0 Å². The van der Waals surface area contributed by atoms with E-state index in [1.807, 2.05) is 42.0 Å². The number of nitrogens with zero attached hydrogens (tertiary/aromatic N) is 3. The van der Waals surface area contributed by atoms with Crippen molar-refractivity contribution in [2.45, 2.75) is 39.7 Å². The second-order valence-electron chi connectivity index (χ2n) is 7.61. The number of amides is 1. The van der Waals surface area contributed by atoms with E-state index in [-0.39, 0.29) is 5.91 Å². The summed E-state index contributed by atoms with van der Waals surface area (Å²) in [5, 5.41) is 3.31.